The van der Waals surface area contributed by atoms with Gasteiger partial charge < -0.3 is 20.3 Å². The minimum Gasteiger partial charge on any atom is -0.467 e. The van der Waals surface area contributed by atoms with Crippen LogP contribution in [0.1, 0.15) is 43.0 Å². The Kier molecular flexibility index (Phi) is 3.73. The highest BCUT2D eigenvalue weighted by atomic mass is 16.5. The van der Waals surface area contributed by atoms with Gasteiger partial charge in [-0.1, -0.05) is 19.1 Å². The van der Waals surface area contributed by atoms with Crippen molar-refractivity contribution in [1.82, 2.24) is 15.5 Å². The molecule has 0 radical (unpaired) electrons. The molecule has 3 aliphatic carbocycles. The zero-order valence-electron chi connectivity index (χ0n) is 16.0. The molecular formula is C21H25N3O4. The Morgan fingerprint density at radius 2 is 2.11 bits per heavy atom. The Bertz CT molecular complexity index is 871. The third-order valence-corrected chi connectivity index (χ3v) is 7.15. The van der Waals surface area contributed by atoms with Gasteiger partial charge in [-0.05, 0) is 36.8 Å². The number of para-hydroxylation sites is 1. The lowest BCUT2D eigenvalue weighted by Gasteiger charge is -2.60. The van der Waals surface area contributed by atoms with Crippen LogP contribution in [0, 0.1) is 17.3 Å². The fourth-order valence-electron chi connectivity index (χ4n) is 5.68. The summed E-state index contributed by atoms with van der Waals surface area (Å²) in [5.74, 6) is 0.437. The van der Waals surface area contributed by atoms with Crippen LogP contribution in [0.3, 0.4) is 0 Å². The summed E-state index contributed by atoms with van der Waals surface area (Å²) >= 11 is 0. The average molecular weight is 383 g/mol. The van der Waals surface area contributed by atoms with Crippen LogP contribution in [-0.2, 0) is 9.59 Å². The Hall–Kier alpha value is -2.57. The molecule has 3 amide bonds. The number of amides is 3. The van der Waals surface area contributed by atoms with Gasteiger partial charge in [0.2, 0.25) is 11.8 Å². The van der Waals surface area contributed by atoms with Crippen LogP contribution in [0.25, 0.3) is 0 Å². The summed E-state index contributed by atoms with van der Waals surface area (Å²) in [5, 5.41) is 5.91. The molecule has 1 aromatic rings. The zero-order valence-corrected chi connectivity index (χ0v) is 16.0. The van der Waals surface area contributed by atoms with E-state index in [2.05, 4.69) is 17.6 Å². The molecule has 3 saturated carbocycles. The van der Waals surface area contributed by atoms with E-state index in [1.165, 1.54) is 0 Å². The molecule has 2 bridgehead atoms. The minimum absolute atomic E-state index is 0.0689. The van der Waals surface area contributed by atoms with Crippen molar-refractivity contribution in [3.63, 3.8) is 0 Å². The van der Waals surface area contributed by atoms with Crippen LogP contribution >= 0.6 is 0 Å². The SMILES string of the molecule is CC12CCC(CC1C(=O)N1CCNC(=O)C1)C1(C2)NC(=O)c2ccccc2O1. The first-order chi connectivity index (χ1) is 13.4. The Morgan fingerprint density at radius 1 is 1.29 bits per heavy atom. The number of piperazine rings is 1. The Morgan fingerprint density at radius 3 is 2.89 bits per heavy atom. The van der Waals surface area contributed by atoms with Gasteiger partial charge in [0.1, 0.15) is 5.75 Å². The van der Waals surface area contributed by atoms with Crippen LogP contribution in [0.4, 0.5) is 0 Å². The van der Waals surface area contributed by atoms with Gasteiger partial charge in [-0.15, -0.1) is 0 Å². The number of benzene rings is 1. The number of rotatable bonds is 1. The van der Waals surface area contributed by atoms with Gasteiger partial charge in [0, 0.05) is 31.3 Å². The number of fused-ring (bicyclic) bond motifs is 3. The van der Waals surface area contributed by atoms with Crippen molar-refractivity contribution in [2.24, 2.45) is 17.3 Å². The molecule has 2 aliphatic heterocycles. The first kappa shape index (κ1) is 17.5. The largest absolute Gasteiger partial charge is 0.467 e. The van der Waals surface area contributed by atoms with Crippen LogP contribution < -0.4 is 15.4 Å². The third-order valence-electron chi connectivity index (χ3n) is 7.15. The normalized spacial score (nSPS) is 36.4. The summed E-state index contributed by atoms with van der Waals surface area (Å²) < 4.78 is 6.40. The van der Waals surface area contributed by atoms with Crippen LogP contribution in [0.5, 0.6) is 5.75 Å². The second kappa shape index (κ2) is 5.96. The lowest BCUT2D eigenvalue weighted by Crippen LogP contribution is -2.69. The molecule has 7 heteroatoms. The van der Waals surface area contributed by atoms with E-state index in [0.29, 0.717) is 37.2 Å². The van der Waals surface area contributed by atoms with Crippen molar-refractivity contribution in [2.75, 3.05) is 19.6 Å². The van der Waals surface area contributed by atoms with Gasteiger partial charge in [0.15, 0.2) is 5.72 Å². The maximum absolute atomic E-state index is 13.2. The summed E-state index contributed by atoms with van der Waals surface area (Å²) in [6.45, 7) is 3.35. The smallest absolute Gasteiger partial charge is 0.258 e. The highest BCUT2D eigenvalue weighted by molar-refractivity contribution is 5.98. The number of ether oxygens (including phenoxy) is 1. The van der Waals surface area contributed by atoms with Crippen molar-refractivity contribution in [3.8, 4) is 5.75 Å². The van der Waals surface area contributed by atoms with Gasteiger partial charge in [-0.2, -0.15) is 0 Å². The van der Waals surface area contributed by atoms with Crippen LogP contribution in [-0.4, -0.2) is 48.0 Å². The van der Waals surface area contributed by atoms with Gasteiger partial charge in [0.05, 0.1) is 12.1 Å². The van der Waals surface area contributed by atoms with E-state index in [-0.39, 0.29) is 41.5 Å². The predicted octanol–water partition coefficient (Wildman–Crippen LogP) is 1.29. The molecular weight excluding hydrogens is 358 g/mol. The Balaban J connectivity index is 1.42. The van der Waals surface area contributed by atoms with Crippen molar-refractivity contribution in [2.45, 2.75) is 38.3 Å². The van der Waals surface area contributed by atoms with Gasteiger partial charge >= 0.3 is 0 Å². The fourth-order valence-corrected chi connectivity index (χ4v) is 5.68. The molecule has 1 saturated heterocycles. The standard InChI is InChI=1S/C21H25N3O4/c1-20-7-6-13(10-15(20)19(27)24-9-8-22-17(25)11-24)21(12-20)23-18(26)14-4-2-3-5-16(14)28-21/h2-5,13,15H,6-12H2,1H3,(H,22,25)(H,23,26). The molecule has 5 aliphatic rings. The number of nitrogens with zero attached hydrogens (tertiary/aromatic N) is 1. The number of hydrogen-bond acceptors (Lipinski definition) is 4. The second-order valence-corrected chi connectivity index (χ2v) is 8.91. The molecule has 2 N–H and O–H groups in total. The topological polar surface area (TPSA) is 87.7 Å². The van der Waals surface area contributed by atoms with E-state index in [4.69, 9.17) is 4.74 Å². The minimum atomic E-state index is -0.742. The van der Waals surface area contributed by atoms with E-state index in [1.54, 1.807) is 11.0 Å². The number of carbonyl (C=O) groups is 3. The molecule has 1 aromatic carbocycles. The van der Waals surface area contributed by atoms with Crippen molar-refractivity contribution in [1.29, 1.82) is 0 Å². The fraction of sp³-hybridized carbons (Fsp3) is 0.571. The second-order valence-electron chi connectivity index (χ2n) is 8.91. The average Bonchev–Trinajstić information content (AvgIpc) is 2.67. The monoisotopic (exact) mass is 383 g/mol. The summed E-state index contributed by atoms with van der Waals surface area (Å²) in [6.07, 6.45) is 3.14. The number of carbonyl (C=O) groups excluding carboxylic acids is 3. The summed E-state index contributed by atoms with van der Waals surface area (Å²) in [7, 11) is 0. The maximum Gasteiger partial charge on any atom is 0.258 e. The van der Waals surface area contributed by atoms with Crippen LogP contribution in [0.2, 0.25) is 0 Å². The first-order valence-electron chi connectivity index (χ1n) is 10.1. The number of nitrogens with one attached hydrogen (secondary N) is 2. The highest BCUT2D eigenvalue weighted by Gasteiger charge is 2.62. The molecule has 7 nitrogen and oxygen atoms in total. The molecule has 4 fully saturated rings. The molecule has 1 spiro atoms. The van der Waals surface area contributed by atoms with Gasteiger partial charge in [-0.25, -0.2) is 0 Å². The lowest BCUT2D eigenvalue weighted by molar-refractivity contribution is -0.175. The molecule has 6 rings (SSSR count). The Labute approximate surface area is 163 Å². The zero-order chi connectivity index (χ0) is 19.5. The van der Waals surface area contributed by atoms with E-state index in [1.807, 2.05) is 18.2 Å². The summed E-state index contributed by atoms with van der Waals surface area (Å²) in [5.41, 5.74) is -0.444. The molecule has 148 valence electrons. The quantitative estimate of drug-likeness (QED) is 0.765. The van der Waals surface area contributed by atoms with Crippen molar-refractivity contribution >= 4 is 17.7 Å². The first-order valence-corrected chi connectivity index (χ1v) is 10.1. The van der Waals surface area contributed by atoms with E-state index in [9.17, 15) is 14.4 Å². The molecule has 2 heterocycles. The predicted molar refractivity (Wildman–Crippen MR) is 100 cm³/mol. The third kappa shape index (κ3) is 2.52. The van der Waals surface area contributed by atoms with Crippen molar-refractivity contribution < 1.29 is 19.1 Å². The summed E-state index contributed by atoms with van der Waals surface area (Å²) in [6, 6.07) is 7.32. The van der Waals surface area contributed by atoms with Crippen LogP contribution in [0.15, 0.2) is 24.3 Å². The van der Waals surface area contributed by atoms with E-state index >= 15 is 0 Å². The number of hydrogen-bond donors (Lipinski definition) is 2. The maximum atomic E-state index is 13.2. The summed E-state index contributed by atoms with van der Waals surface area (Å²) in [4.78, 5) is 39.4. The molecule has 0 aromatic heterocycles. The highest BCUT2D eigenvalue weighted by Crippen LogP contribution is 2.59. The van der Waals surface area contributed by atoms with E-state index in [0.717, 1.165) is 12.8 Å². The van der Waals surface area contributed by atoms with Gasteiger partial charge in [0.25, 0.3) is 5.91 Å². The molecule has 28 heavy (non-hydrogen) atoms. The van der Waals surface area contributed by atoms with Gasteiger partial charge in [-0.3, -0.25) is 14.4 Å². The lowest BCUT2D eigenvalue weighted by atomic mass is 9.52. The molecule has 4 unspecified atom stereocenters. The molecule has 4 atom stereocenters. The van der Waals surface area contributed by atoms with E-state index < -0.39 is 5.72 Å². The van der Waals surface area contributed by atoms with Crippen molar-refractivity contribution in [3.05, 3.63) is 29.8 Å².